The summed E-state index contributed by atoms with van der Waals surface area (Å²) in [6, 6.07) is 18.0. The number of aromatic nitrogens is 5. The zero-order chi connectivity index (χ0) is 71.2. The monoisotopic (exact) mass is 1370 g/mol. The van der Waals surface area contributed by atoms with Gasteiger partial charge in [0.05, 0.1) is 107 Å². The highest BCUT2D eigenvalue weighted by Crippen LogP contribution is 2.32. The minimum atomic E-state index is -1.37. The number of H-pyrrole nitrogens is 1. The molecule has 0 bridgehead atoms. The molecule has 99 heavy (non-hydrogen) atoms. The molecule has 12 N–H and O–H groups in total. The van der Waals surface area contributed by atoms with Crippen molar-refractivity contribution >= 4 is 81.9 Å². The number of fused-ring (bicyclic) bond motifs is 1. The van der Waals surface area contributed by atoms with E-state index in [0.717, 1.165) is 16.2 Å². The van der Waals surface area contributed by atoms with Gasteiger partial charge in [-0.15, -0.1) is 0 Å². The van der Waals surface area contributed by atoms with E-state index in [1.807, 2.05) is 43.3 Å². The lowest BCUT2D eigenvalue weighted by Crippen LogP contribution is -2.58. The molecular weight excluding hydrogens is 1290 g/mol. The molecule has 1 aliphatic heterocycles. The largest absolute Gasteiger partial charge is 0.481 e. The van der Waals surface area contributed by atoms with Crippen LogP contribution in [-0.4, -0.2) is 197 Å². The Morgan fingerprint density at radius 2 is 1.35 bits per heavy atom. The van der Waals surface area contributed by atoms with E-state index in [4.69, 9.17) is 44.1 Å². The average Bonchev–Trinajstić information content (AvgIpc) is 1.69. The Balaban J connectivity index is 0.838. The number of aromatic amines is 1. The van der Waals surface area contributed by atoms with E-state index in [1.165, 1.54) is 18.3 Å². The molecule has 0 aliphatic carbocycles. The summed E-state index contributed by atoms with van der Waals surface area (Å²) in [5.74, 6) is -5.72. The number of amides is 9. The SMILES string of the molecule is Cc1cccc(-c2nc(CNc3ccc(C)c(C(=O)O)c3)[nH]c2-c2ccc3ncc(OCCNC(=O)OCc4ccc(NC(=O)[C@H](CCCNC(N)=O)NC(=O)[C@@H](NC(=O)[C@H](CCC(=O)O)NC(=O)CCOCCOCCOCCOCCN5C(=O)C=CC5=O)C(C)C)cc4)nc3c2)n1. The third-order valence-electron chi connectivity index (χ3n) is 14.9. The Labute approximate surface area is 569 Å². The normalized spacial score (nSPS) is 12.8. The number of alkyl carbamates (subject to hydrolysis) is 1. The van der Waals surface area contributed by atoms with Gasteiger partial charge in [-0.1, -0.05) is 44.2 Å². The maximum atomic E-state index is 14.0. The molecule has 6 aromatic rings. The van der Waals surface area contributed by atoms with E-state index < -0.39 is 78.2 Å². The number of hydrogen-bond acceptors (Lipinski definition) is 21. The maximum absolute atomic E-state index is 14.0. The fourth-order valence-electron chi connectivity index (χ4n) is 9.74. The van der Waals surface area contributed by atoms with Crippen molar-refractivity contribution in [3.8, 4) is 28.5 Å². The number of pyridine rings is 1. The number of nitrogens with zero attached hydrogens (tertiary/aromatic N) is 5. The van der Waals surface area contributed by atoms with Gasteiger partial charge in [0.1, 0.15) is 42.9 Å². The maximum Gasteiger partial charge on any atom is 0.407 e. The number of carboxylic acid groups (broad SMARTS) is 2. The molecule has 4 heterocycles. The van der Waals surface area contributed by atoms with Crippen LogP contribution in [0, 0.1) is 19.8 Å². The summed E-state index contributed by atoms with van der Waals surface area (Å²) in [4.78, 5) is 148. The zero-order valence-corrected chi connectivity index (χ0v) is 55.2. The summed E-state index contributed by atoms with van der Waals surface area (Å²) in [7, 11) is 0. The zero-order valence-electron chi connectivity index (χ0n) is 55.2. The summed E-state index contributed by atoms with van der Waals surface area (Å²) < 4.78 is 33.0. The summed E-state index contributed by atoms with van der Waals surface area (Å²) in [6.45, 7) is 8.69. The fraction of sp³-hybridized carbons (Fsp3) is 0.403. The highest BCUT2D eigenvalue weighted by Gasteiger charge is 2.32. The Kier molecular flexibility index (Phi) is 29.5. The number of carbonyl (C=O) groups is 10. The Morgan fingerprint density at radius 3 is 2.03 bits per heavy atom. The van der Waals surface area contributed by atoms with Crippen molar-refractivity contribution < 1.29 is 86.6 Å². The third kappa shape index (κ3) is 24.9. The molecule has 528 valence electrons. The summed E-state index contributed by atoms with van der Waals surface area (Å²) in [6.07, 6.45) is 2.32. The minimum absolute atomic E-state index is 0.00437. The molecular formula is C67H82N14O18. The van der Waals surface area contributed by atoms with Crippen LogP contribution < -0.4 is 47.7 Å². The second kappa shape index (κ2) is 38.7. The number of imide groups is 1. The van der Waals surface area contributed by atoms with Crippen molar-refractivity contribution in [3.63, 3.8) is 0 Å². The van der Waals surface area contributed by atoms with Gasteiger partial charge < -0.3 is 86.6 Å². The van der Waals surface area contributed by atoms with Crippen molar-refractivity contribution in [2.24, 2.45) is 11.7 Å². The highest BCUT2D eigenvalue weighted by atomic mass is 16.6. The summed E-state index contributed by atoms with van der Waals surface area (Å²) in [5.41, 5.74) is 12.1. The molecule has 0 spiro atoms. The molecule has 1 aliphatic rings. The van der Waals surface area contributed by atoms with E-state index in [9.17, 15) is 58.2 Å². The predicted molar refractivity (Wildman–Crippen MR) is 357 cm³/mol. The molecule has 0 radical (unpaired) electrons. The van der Waals surface area contributed by atoms with E-state index in [-0.39, 0.29) is 141 Å². The van der Waals surface area contributed by atoms with Gasteiger partial charge in [0.15, 0.2) is 0 Å². The van der Waals surface area contributed by atoms with Gasteiger partial charge >= 0.3 is 24.1 Å². The van der Waals surface area contributed by atoms with Crippen LogP contribution in [0.25, 0.3) is 33.7 Å². The van der Waals surface area contributed by atoms with Crippen LogP contribution in [0.1, 0.15) is 79.0 Å². The van der Waals surface area contributed by atoms with Crippen LogP contribution in [0.4, 0.5) is 21.0 Å². The molecule has 0 saturated carbocycles. The van der Waals surface area contributed by atoms with Crippen molar-refractivity contribution in [1.29, 1.82) is 0 Å². The van der Waals surface area contributed by atoms with E-state index in [1.54, 1.807) is 63.2 Å². The van der Waals surface area contributed by atoms with Crippen molar-refractivity contribution in [3.05, 3.63) is 125 Å². The van der Waals surface area contributed by atoms with Crippen LogP contribution in [0.3, 0.4) is 0 Å². The number of ether oxygens (including phenoxy) is 6. The molecule has 3 atom stereocenters. The first kappa shape index (κ1) is 75.4. The number of aliphatic carboxylic acids is 1. The van der Waals surface area contributed by atoms with Crippen molar-refractivity contribution in [2.75, 3.05) is 89.7 Å². The first-order valence-electron chi connectivity index (χ1n) is 31.9. The summed E-state index contributed by atoms with van der Waals surface area (Å²) >= 11 is 0. The Morgan fingerprint density at radius 1 is 0.667 bits per heavy atom. The molecule has 32 heteroatoms. The number of aryl methyl sites for hydroxylation is 2. The number of carbonyl (C=O) groups excluding carboxylic acids is 8. The Hall–Kier alpha value is -11.0. The van der Waals surface area contributed by atoms with Crippen LogP contribution >= 0.6 is 0 Å². The molecule has 0 unspecified atom stereocenters. The van der Waals surface area contributed by atoms with E-state index in [0.29, 0.717) is 56.4 Å². The number of rotatable bonds is 42. The topological polar surface area (TPSA) is 447 Å². The third-order valence-corrected chi connectivity index (χ3v) is 14.9. The van der Waals surface area contributed by atoms with Crippen LogP contribution in [-0.2, 0) is 70.4 Å². The van der Waals surface area contributed by atoms with Crippen molar-refractivity contribution in [1.82, 2.24) is 56.4 Å². The lowest BCUT2D eigenvalue weighted by Gasteiger charge is -2.27. The first-order valence-corrected chi connectivity index (χ1v) is 31.9. The fourth-order valence-corrected chi connectivity index (χ4v) is 9.74. The van der Waals surface area contributed by atoms with Crippen molar-refractivity contribution in [2.45, 2.75) is 91.1 Å². The molecule has 0 fully saturated rings. The smallest absolute Gasteiger partial charge is 0.407 e. The van der Waals surface area contributed by atoms with Crippen LogP contribution in [0.15, 0.2) is 97.2 Å². The predicted octanol–water partition coefficient (Wildman–Crippen LogP) is 4.06. The number of urea groups is 1. The first-order chi connectivity index (χ1) is 47.6. The number of nitrogens with one attached hydrogen (secondary N) is 8. The standard InChI is InChI=1S/C67H82N14O18/c1-40(2)59(80-63(88)51(18-21-58(85)86)75-54(82)22-26-94-29-31-96-33-34-97-32-30-95-28-25-81-56(83)19-20-57(81)84)64(89)77-50(9-6-23-69-66(68)92)62(87)74-45-15-11-43(12-16-45)39-99-67(93)70-24-27-98-55-38-72-48-17-13-44(35-52(48)76-55)60-61(49-8-5-7-42(4)73-49)79-53(78-60)37-71-46-14-10-41(3)47(36-46)65(90)91/h5,7-8,10-17,19-20,35-36,38,40,50-51,59,71H,6,9,18,21-34,37,39H2,1-4H3,(H,70,93)(H,74,87)(H,75,82)(H,77,89)(H,78,79)(H,80,88)(H,85,86)(H,90,91)(H3,68,69,92)/t50-,51-,59-/m0/s1. The lowest BCUT2D eigenvalue weighted by atomic mass is 10.0. The van der Waals surface area contributed by atoms with Gasteiger partial charge in [-0.25, -0.2) is 29.3 Å². The van der Waals surface area contributed by atoms with Gasteiger partial charge in [-0.05, 0) is 98.7 Å². The number of anilines is 2. The molecule has 3 aromatic heterocycles. The highest BCUT2D eigenvalue weighted by molar-refractivity contribution is 6.13. The van der Waals surface area contributed by atoms with E-state index in [2.05, 4.69) is 52.2 Å². The number of hydrogen-bond donors (Lipinski definition) is 11. The molecule has 7 rings (SSSR count). The number of benzene rings is 3. The molecule has 3 aromatic carbocycles. The molecule has 0 saturated heterocycles. The minimum Gasteiger partial charge on any atom is -0.481 e. The van der Waals surface area contributed by atoms with Gasteiger partial charge in [0.2, 0.25) is 29.5 Å². The van der Waals surface area contributed by atoms with Gasteiger partial charge in [0, 0.05) is 54.2 Å². The number of primary amides is 1. The number of aromatic carboxylic acids is 1. The van der Waals surface area contributed by atoms with Crippen LogP contribution in [0.2, 0.25) is 0 Å². The van der Waals surface area contributed by atoms with E-state index >= 15 is 0 Å². The number of nitrogens with two attached hydrogens (primary N) is 1. The lowest BCUT2D eigenvalue weighted by molar-refractivity contribution is -0.139. The van der Waals surface area contributed by atoms with Gasteiger partial charge in [-0.3, -0.25) is 43.4 Å². The number of carboxylic acids is 2. The average molecular weight is 1370 g/mol. The molecule has 9 amide bonds. The second-order valence-electron chi connectivity index (χ2n) is 22.8. The van der Waals surface area contributed by atoms with Crippen LogP contribution in [0.5, 0.6) is 5.88 Å². The summed E-state index contributed by atoms with van der Waals surface area (Å²) in [5, 5.41) is 38.0. The quantitative estimate of drug-likeness (QED) is 0.0190. The Bertz CT molecular complexity index is 3810. The number of imidazole rings is 1. The van der Waals surface area contributed by atoms with Gasteiger partial charge in [0.25, 0.3) is 11.8 Å². The van der Waals surface area contributed by atoms with Gasteiger partial charge in [-0.2, -0.15) is 0 Å². The second-order valence-corrected chi connectivity index (χ2v) is 22.8. The molecule has 32 nitrogen and oxygen atoms in total.